The van der Waals surface area contributed by atoms with E-state index < -0.39 is 5.95 Å². The number of thiol groups is 1. The van der Waals surface area contributed by atoms with Crippen LogP contribution in [0.1, 0.15) is 5.56 Å². The van der Waals surface area contributed by atoms with E-state index in [0.29, 0.717) is 21.7 Å². The minimum atomic E-state index is -0.418. The summed E-state index contributed by atoms with van der Waals surface area (Å²) in [5.74, 6) is -0.418. The lowest BCUT2D eigenvalue weighted by Gasteiger charge is -2.09. The van der Waals surface area contributed by atoms with Crippen molar-refractivity contribution in [3.05, 3.63) is 54.2 Å². The fraction of sp³-hybridized carbons (Fsp3) is 0. The third-order valence-electron chi connectivity index (χ3n) is 2.95. The summed E-state index contributed by atoms with van der Waals surface area (Å²) >= 11 is 4.36. The summed E-state index contributed by atoms with van der Waals surface area (Å²) in [4.78, 5) is 4.74. The first-order valence-electron chi connectivity index (χ1n) is 5.56. The van der Waals surface area contributed by atoms with E-state index in [9.17, 15) is 4.39 Å². The Bertz CT molecular complexity index is 817. The maximum Gasteiger partial charge on any atom is 0.198 e. The Labute approximate surface area is 114 Å². The highest BCUT2D eigenvalue weighted by Crippen LogP contribution is 2.28. The molecule has 0 bridgehead atoms. The van der Waals surface area contributed by atoms with Crippen molar-refractivity contribution in [3.63, 3.8) is 0 Å². The summed E-state index contributed by atoms with van der Waals surface area (Å²) < 4.78 is 15.3. The molecule has 3 aromatic rings. The number of nitriles is 1. The molecule has 0 aliphatic carbocycles. The van der Waals surface area contributed by atoms with Gasteiger partial charge in [-0.1, -0.05) is 0 Å². The van der Waals surface area contributed by atoms with Crippen molar-refractivity contribution in [2.45, 2.75) is 4.90 Å². The van der Waals surface area contributed by atoms with Crippen molar-refractivity contribution < 1.29 is 4.39 Å². The maximum absolute atomic E-state index is 13.9. The summed E-state index contributed by atoms with van der Waals surface area (Å²) in [6.07, 6.45) is 3.25. The van der Waals surface area contributed by atoms with Crippen LogP contribution in [0.15, 0.2) is 47.6 Å². The average molecular weight is 269 g/mol. The smallest absolute Gasteiger partial charge is 0.198 e. The van der Waals surface area contributed by atoms with E-state index in [0.717, 1.165) is 5.56 Å². The number of rotatable bonds is 1. The highest BCUT2D eigenvalue weighted by molar-refractivity contribution is 7.80. The molecule has 19 heavy (non-hydrogen) atoms. The molecular weight excluding hydrogens is 261 g/mol. The Morgan fingerprint density at radius 3 is 2.79 bits per heavy atom. The van der Waals surface area contributed by atoms with Crippen LogP contribution in [0.3, 0.4) is 0 Å². The van der Waals surface area contributed by atoms with Gasteiger partial charge in [-0.15, -0.1) is 12.6 Å². The molecule has 0 N–H and O–H groups in total. The molecule has 0 atom stereocenters. The van der Waals surface area contributed by atoms with Gasteiger partial charge < -0.3 is 0 Å². The summed E-state index contributed by atoms with van der Waals surface area (Å²) in [5, 5.41) is 9.05. The van der Waals surface area contributed by atoms with Crippen molar-refractivity contribution in [1.29, 1.82) is 5.26 Å². The number of pyridine rings is 2. The third kappa shape index (κ3) is 1.77. The molecule has 0 saturated heterocycles. The number of hydrogen-bond donors (Lipinski definition) is 1. The normalized spacial score (nSPS) is 10.6. The van der Waals surface area contributed by atoms with Gasteiger partial charge in [0.05, 0.1) is 16.8 Å². The van der Waals surface area contributed by atoms with Crippen molar-refractivity contribution >= 4 is 18.1 Å². The Balaban J connectivity index is 2.41. The Hall–Kier alpha value is -2.32. The molecule has 0 aromatic carbocycles. The molecule has 0 aliphatic heterocycles. The maximum atomic E-state index is 13.9. The summed E-state index contributed by atoms with van der Waals surface area (Å²) in [5.41, 5.74) is 2.30. The topological polar surface area (TPSA) is 41.1 Å². The van der Waals surface area contributed by atoms with Crippen molar-refractivity contribution in [1.82, 2.24) is 9.38 Å². The van der Waals surface area contributed by atoms with Crippen LogP contribution in [0.4, 0.5) is 4.39 Å². The quantitative estimate of drug-likeness (QED) is 0.689. The number of hydrogen-bond acceptors (Lipinski definition) is 3. The van der Waals surface area contributed by atoms with Crippen LogP contribution in [0.25, 0.3) is 16.8 Å². The first kappa shape index (κ1) is 11.8. The van der Waals surface area contributed by atoms with Gasteiger partial charge in [-0.2, -0.15) is 9.65 Å². The SMILES string of the molecule is N#Cc1ccc(-c2cnccc2S)n2c(F)ccc12. The van der Waals surface area contributed by atoms with E-state index in [1.807, 2.05) is 0 Å². The molecule has 3 nitrogen and oxygen atoms in total. The molecule has 92 valence electrons. The van der Waals surface area contributed by atoms with E-state index >= 15 is 0 Å². The fourth-order valence-electron chi connectivity index (χ4n) is 2.08. The van der Waals surface area contributed by atoms with Crippen LogP contribution in [0.2, 0.25) is 0 Å². The average Bonchev–Trinajstić information content (AvgIpc) is 2.81. The van der Waals surface area contributed by atoms with E-state index in [2.05, 4.69) is 23.7 Å². The Morgan fingerprint density at radius 2 is 2.05 bits per heavy atom. The van der Waals surface area contributed by atoms with Gasteiger partial charge >= 0.3 is 0 Å². The molecule has 5 heteroatoms. The molecule has 0 radical (unpaired) electrons. The van der Waals surface area contributed by atoms with Crippen LogP contribution in [-0.2, 0) is 0 Å². The van der Waals surface area contributed by atoms with Gasteiger partial charge in [-0.25, -0.2) is 0 Å². The molecule has 0 aliphatic rings. The second-order valence-corrected chi connectivity index (χ2v) is 4.50. The lowest BCUT2D eigenvalue weighted by Crippen LogP contribution is -1.97. The standard InChI is InChI=1S/C14H8FN3S/c15-14-4-3-11-9(7-16)1-2-12(18(11)14)10-8-17-6-5-13(10)19/h1-6,8H,(H,17,19). The predicted octanol–water partition coefficient (Wildman–Crippen LogP) is 3.30. The van der Waals surface area contributed by atoms with E-state index in [1.165, 1.54) is 10.5 Å². The zero-order valence-electron chi connectivity index (χ0n) is 9.71. The van der Waals surface area contributed by atoms with Gasteiger partial charge in [-0.3, -0.25) is 9.38 Å². The van der Waals surface area contributed by atoms with E-state index in [4.69, 9.17) is 5.26 Å². The monoisotopic (exact) mass is 269 g/mol. The highest BCUT2D eigenvalue weighted by atomic mass is 32.1. The van der Waals surface area contributed by atoms with Gasteiger partial charge in [-0.05, 0) is 30.3 Å². The lowest BCUT2D eigenvalue weighted by atomic mass is 10.1. The number of halogens is 1. The number of aromatic nitrogens is 2. The van der Waals surface area contributed by atoms with Crippen LogP contribution in [0.5, 0.6) is 0 Å². The Morgan fingerprint density at radius 1 is 1.21 bits per heavy atom. The predicted molar refractivity (Wildman–Crippen MR) is 72.6 cm³/mol. The molecule has 0 saturated carbocycles. The lowest BCUT2D eigenvalue weighted by molar-refractivity contribution is 0.575. The number of nitrogens with zero attached hydrogens (tertiary/aromatic N) is 3. The van der Waals surface area contributed by atoms with Gasteiger partial charge in [0.2, 0.25) is 0 Å². The Kier molecular flexibility index (Phi) is 2.73. The molecule has 0 amide bonds. The fourth-order valence-corrected chi connectivity index (χ4v) is 2.32. The van der Waals surface area contributed by atoms with Gasteiger partial charge in [0.25, 0.3) is 0 Å². The molecular formula is C14H8FN3S. The van der Waals surface area contributed by atoms with Gasteiger partial charge in [0.15, 0.2) is 5.95 Å². The second kappa shape index (κ2) is 4.41. The van der Waals surface area contributed by atoms with Crippen molar-refractivity contribution in [3.8, 4) is 17.3 Å². The van der Waals surface area contributed by atoms with Crippen LogP contribution in [0, 0.1) is 17.3 Å². The summed E-state index contributed by atoms with van der Waals surface area (Å²) in [6, 6.07) is 10.1. The minimum absolute atomic E-state index is 0.418. The second-order valence-electron chi connectivity index (χ2n) is 4.01. The molecule has 0 unspecified atom stereocenters. The summed E-state index contributed by atoms with van der Waals surface area (Å²) in [7, 11) is 0. The largest absolute Gasteiger partial charge is 0.285 e. The first-order chi connectivity index (χ1) is 9.22. The molecule has 0 spiro atoms. The number of fused-ring (bicyclic) bond motifs is 1. The zero-order chi connectivity index (χ0) is 13.4. The van der Waals surface area contributed by atoms with E-state index in [1.54, 1.807) is 36.7 Å². The summed E-state index contributed by atoms with van der Waals surface area (Å²) in [6.45, 7) is 0. The van der Waals surface area contributed by atoms with Crippen molar-refractivity contribution in [2.75, 3.05) is 0 Å². The molecule has 3 aromatic heterocycles. The third-order valence-corrected chi connectivity index (χ3v) is 3.34. The molecule has 3 heterocycles. The van der Waals surface area contributed by atoms with Crippen LogP contribution < -0.4 is 0 Å². The highest BCUT2D eigenvalue weighted by Gasteiger charge is 2.13. The van der Waals surface area contributed by atoms with E-state index in [-0.39, 0.29) is 0 Å². The van der Waals surface area contributed by atoms with Crippen LogP contribution >= 0.6 is 12.6 Å². The van der Waals surface area contributed by atoms with Gasteiger partial charge in [0.1, 0.15) is 6.07 Å². The molecule has 0 fully saturated rings. The zero-order valence-corrected chi connectivity index (χ0v) is 10.6. The van der Waals surface area contributed by atoms with Crippen molar-refractivity contribution in [2.24, 2.45) is 0 Å². The first-order valence-corrected chi connectivity index (χ1v) is 6.00. The van der Waals surface area contributed by atoms with Gasteiger partial charge in [0, 0.05) is 22.9 Å². The van der Waals surface area contributed by atoms with Crippen LogP contribution in [-0.4, -0.2) is 9.38 Å². The minimum Gasteiger partial charge on any atom is -0.285 e. The molecule has 3 rings (SSSR count).